The maximum Gasteiger partial charge on any atom is 0.134 e. The number of hydrogen-bond acceptors (Lipinski definition) is 1. The highest BCUT2D eigenvalue weighted by molar-refractivity contribution is 6.30. The van der Waals surface area contributed by atoms with E-state index in [2.05, 4.69) is 0 Å². The molecule has 1 aromatic heterocycles. The summed E-state index contributed by atoms with van der Waals surface area (Å²) in [7, 11) is 0. The van der Waals surface area contributed by atoms with Gasteiger partial charge >= 0.3 is 0 Å². The van der Waals surface area contributed by atoms with E-state index in [1.54, 1.807) is 0 Å². The summed E-state index contributed by atoms with van der Waals surface area (Å²) in [6.07, 6.45) is 0. The highest BCUT2D eigenvalue weighted by Gasteiger charge is 2.15. The zero-order valence-electron chi connectivity index (χ0n) is 9.44. The summed E-state index contributed by atoms with van der Waals surface area (Å²) >= 11 is 12.3. The second-order valence-corrected chi connectivity index (χ2v) is 4.97. The summed E-state index contributed by atoms with van der Waals surface area (Å²) in [5, 5.41) is 1.47. The van der Waals surface area contributed by atoms with E-state index in [0.717, 1.165) is 22.3 Å². The van der Waals surface area contributed by atoms with Gasteiger partial charge in [-0.15, -0.1) is 11.6 Å². The SMILES string of the molecule is Clc1ccc(C(Cl)c2cc3ccccc3o2)cc1. The van der Waals surface area contributed by atoms with Crippen LogP contribution in [-0.4, -0.2) is 0 Å². The quantitative estimate of drug-likeness (QED) is 0.570. The molecule has 1 nitrogen and oxygen atoms in total. The monoisotopic (exact) mass is 276 g/mol. The van der Waals surface area contributed by atoms with Crippen molar-refractivity contribution in [3.05, 3.63) is 70.9 Å². The first-order chi connectivity index (χ1) is 8.74. The zero-order valence-corrected chi connectivity index (χ0v) is 10.9. The van der Waals surface area contributed by atoms with Gasteiger partial charge < -0.3 is 4.42 Å². The van der Waals surface area contributed by atoms with Gasteiger partial charge in [0.25, 0.3) is 0 Å². The fourth-order valence-corrected chi connectivity index (χ4v) is 2.30. The van der Waals surface area contributed by atoms with Gasteiger partial charge in [0.2, 0.25) is 0 Å². The number of rotatable bonds is 2. The maximum atomic E-state index is 6.42. The molecule has 1 atom stereocenters. The van der Waals surface area contributed by atoms with Gasteiger partial charge in [-0.05, 0) is 29.8 Å². The topological polar surface area (TPSA) is 13.1 Å². The van der Waals surface area contributed by atoms with E-state index in [1.807, 2.05) is 54.6 Å². The number of para-hydroxylation sites is 1. The van der Waals surface area contributed by atoms with Crippen molar-refractivity contribution in [2.75, 3.05) is 0 Å². The Morgan fingerprint density at radius 3 is 2.39 bits per heavy atom. The average Bonchev–Trinajstić information content (AvgIpc) is 2.82. The van der Waals surface area contributed by atoms with Gasteiger partial charge in [0.05, 0.1) is 0 Å². The first-order valence-corrected chi connectivity index (χ1v) is 6.43. The Hall–Kier alpha value is -1.44. The van der Waals surface area contributed by atoms with E-state index >= 15 is 0 Å². The van der Waals surface area contributed by atoms with Gasteiger partial charge in [-0.1, -0.05) is 41.9 Å². The van der Waals surface area contributed by atoms with E-state index in [4.69, 9.17) is 27.6 Å². The summed E-state index contributed by atoms with van der Waals surface area (Å²) in [6, 6.07) is 17.3. The molecule has 3 heteroatoms. The van der Waals surface area contributed by atoms with E-state index < -0.39 is 0 Å². The standard InChI is InChI=1S/C15H10Cl2O/c16-12-7-5-10(6-8-12)15(17)14-9-11-3-1-2-4-13(11)18-14/h1-9,15H. The van der Waals surface area contributed by atoms with Crippen molar-refractivity contribution < 1.29 is 4.42 Å². The second kappa shape index (κ2) is 4.68. The van der Waals surface area contributed by atoms with E-state index in [9.17, 15) is 0 Å². The Morgan fingerprint density at radius 1 is 0.944 bits per heavy atom. The summed E-state index contributed by atoms with van der Waals surface area (Å²) in [5.74, 6) is 0.750. The molecule has 0 N–H and O–H groups in total. The van der Waals surface area contributed by atoms with Crippen molar-refractivity contribution in [1.82, 2.24) is 0 Å². The van der Waals surface area contributed by atoms with Crippen LogP contribution in [0.1, 0.15) is 16.7 Å². The van der Waals surface area contributed by atoms with Gasteiger partial charge in [0, 0.05) is 10.4 Å². The number of hydrogen-bond donors (Lipinski definition) is 0. The third-order valence-corrected chi connectivity index (χ3v) is 3.58. The van der Waals surface area contributed by atoms with Gasteiger partial charge in [-0.25, -0.2) is 0 Å². The van der Waals surface area contributed by atoms with E-state index in [-0.39, 0.29) is 5.38 Å². The van der Waals surface area contributed by atoms with Crippen LogP contribution in [-0.2, 0) is 0 Å². The van der Waals surface area contributed by atoms with Crippen LogP contribution in [0.3, 0.4) is 0 Å². The Morgan fingerprint density at radius 2 is 1.67 bits per heavy atom. The molecular weight excluding hydrogens is 267 g/mol. The lowest BCUT2D eigenvalue weighted by Crippen LogP contribution is -1.90. The molecule has 0 radical (unpaired) electrons. The Bertz CT molecular complexity index is 637. The van der Waals surface area contributed by atoms with Gasteiger partial charge in [0.15, 0.2) is 0 Å². The number of fused-ring (bicyclic) bond motifs is 1. The molecule has 18 heavy (non-hydrogen) atoms. The number of alkyl halides is 1. The Balaban J connectivity index is 2.00. The molecule has 0 bridgehead atoms. The summed E-state index contributed by atoms with van der Waals surface area (Å²) < 4.78 is 5.75. The zero-order chi connectivity index (χ0) is 12.5. The van der Waals surface area contributed by atoms with Crippen LogP contribution >= 0.6 is 23.2 Å². The lowest BCUT2D eigenvalue weighted by atomic mass is 10.1. The molecule has 3 aromatic rings. The van der Waals surface area contributed by atoms with Crippen molar-refractivity contribution in [3.63, 3.8) is 0 Å². The molecule has 90 valence electrons. The van der Waals surface area contributed by atoms with Crippen LogP contribution in [0.15, 0.2) is 59.0 Å². The Labute approximate surface area is 115 Å². The molecule has 1 unspecified atom stereocenters. The van der Waals surface area contributed by atoms with Crippen molar-refractivity contribution >= 4 is 34.2 Å². The third kappa shape index (κ3) is 2.12. The molecule has 3 rings (SSSR count). The van der Waals surface area contributed by atoms with Crippen LogP contribution in [0.2, 0.25) is 5.02 Å². The van der Waals surface area contributed by atoms with Gasteiger partial charge in [-0.2, -0.15) is 0 Å². The van der Waals surface area contributed by atoms with Gasteiger partial charge in [0.1, 0.15) is 16.7 Å². The molecule has 0 saturated carbocycles. The fraction of sp³-hybridized carbons (Fsp3) is 0.0667. The lowest BCUT2D eigenvalue weighted by molar-refractivity contribution is 0.557. The molecule has 2 aromatic carbocycles. The molecule has 0 amide bonds. The largest absolute Gasteiger partial charge is 0.459 e. The van der Waals surface area contributed by atoms with E-state index in [1.165, 1.54) is 0 Å². The molecule has 0 aliphatic carbocycles. The van der Waals surface area contributed by atoms with Crippen LogP contribution < -0.4 is 0 Å². The van der Waals surface area contributed by atoms with Crippen molar-refractivity contribution in [2.45, 2.75) is 5.38 Å². The minimum absolute atomic E-state index is 0.297. The number of furan rings is 1. The Kier molecular flexibility index (Phi) is 3.02. The third-order valence-electron chi connectivity index (χ3n) is 2.86. The van der Waals surface area contributed by atoms with Crippen molar-refractivity contribution in [1.29, 1.82) is 0 Å². The summed E-state index contributed by atoms with van der Waals surface area (Å²) in [6.45, 7) is 0. The summed E-state index contributed by atoms with van der Waals surface area (Å²) in [5.41, 5.74) is 1.83. The molecule has 0 aliphatic heterocycles. The molecule has 0 saturated heterocycles. The minimum Gasteiger partial charge on any atom is -0.459 e. The second-order valence-electron chi connectivity index (χ2n) is 4.10. The molecular formula is C15H10Cl2O. The van der Waals surface area contributed by atoms with E-state index in [0.29, 0.717) is 5.02 Å². The van der Waals surface area contributed by atoms with Crippen molar-refractivity contribution in [2.24, 2.45) is 0 Å². The van der Waals surface area contributed by atoms with Gasteiger partial charge in [-0.3, -0.25) is 0 Å². The number of halogens is 2. The first kappa shape index (κ1) is 11.6. The molecule has 1 heterocycles. The predicted molar refractivity (Wildman–Crippen MR) is 75.4 cm³/mol. The highest BCUT2D eigenvalue weighted by Crippen LogP contribution is 2.33. The fourth-order valence-electron chi connectivity index (χ4n) is 1.92. The smallest absolute Gasteiger partial charge is 0.134 e. The maximum absolute atomic E-state index is 6.42. The summed E-state index contributed by atoms with van der Waals surface area (Å²) in [4.78, 5) is 0. The van der Waals surface area contributed by atoms with Crippen LogP contribution in [0.5, 0.6) is 0 Å². The lowest BCUT2D eigenvalue weighted by Gasteiger charge is -2.06. The van der Waals surface area contributed by atoms with Crippen LogP contribution in [0, 0.1) is 0 Å². The predicted octanol–water partition coefficient (Wildman–Crippen LogP) is 5.41. The molecule has 0 fully saturated rings. The average molecular weight is 277 g/mol. The highest BCUT2D eigenvalue weighted by atomic mass is 35.5. The molecule has 0 spiro atoms. The number of benzene rings is 2. The molecule has 0 aliphatic rings. The first-order valence-electron chi connectivity index (χ1n) is 5.62. The van der Waals surface area contributed by atoms with Crippen LogP contribution in [0.4, 0.5) is 0 Å². The van der Waals surface area contributed by atoms with Crippen molar-refractivity contribution in [3.8, 4) is 0 Å². The van der Waals surface area contributed by atoms with Crippen LogP contribution in [0.25, 0.3) is 11.0 Å². The normalized spacial score (nSPS) is 12.8. The minimum atomic E-state index is -0.297.